The first kappa shape index (κ1) is 12.8. The molecular formula is C12H11N7O2. The maximum atomic E-state index is 11.6. The molecule has 4 N–H and O–H groups in total. The molecule has 0 bridgehead atoms. The van der Waals surface area contributed by atoms with E-state index < -0.39 is 11.4 Å². The van der Waals surface area contributed by atoms with Gasteiger partial charge in [0.25, 0.3) is 0 Å². The van der Waals surface area contributed by atoms with Gasteiger partial charge >= 0.3 is 11.4 Å². The number of nitrogens with one attached hydrogen (secondary N) is 2. The number of hydrogen-bond donors (Lipinski definition) is 3. The standard InChI is InChI=1S/C12H11N7O2/c1-6-3-2-4-7(5-6)16-17-8-9(13)18-19-10(8)14-11(20)15-12(19)21/h2-5H,1H3,(H2,13,18)(H2,14,15,20,21). The number of fused-ring (bicyclic) bond motifs is 1. The molecule has 0 fully saturated rings. The third-order valence-corrected chi connectivity index (χ3v) is 2.80. The Kier molecular flexibility index (Phi) is 2.87. The number of hydrogen-bond acceptors (Lipinski definition) is 6. The van der Waals surface area contributed by atoms with Gasteiger partial charge in [0.15, 0.2) is 17.2 Å². The van der Waals surface area contributed by atoms with Crippen molar-refractivity contribution in [3.05, 3.63) is 50.8 Å². The van der Waals surface area contributed by atoms with E-state index in [4.69, 9.17) is 5.73 Å². The highest BCUT2D eigenvalue weighted by Gasteiger charge is 2.13. The number of rotatable bonds is 2. The number of anilines is 1. The number of nitrogens with two attached hydrogens (primary N) is 1. The summed E-state index contributed by atoms with van der Waals surface area (Å²) in [6.07, 6.45) is 0. The lowest BCUT2D eigenvalue weighted by molar-refractivity contribution is 0.824. The summed E-state index contributed by atoms with van der Waals surface area (Å²) in [7, 11) is 0. The van der Waals surface area contributed by atoms with Crippen LogP contribution >= 0.6 is 0 Å². The minimum absolute atomic E-state index is 0.00115. The zero-order valence-electron chi connectivity index (χ0n) is 11.0. The Balaban J connectivity index is 2.15. The summed E-state index contributed by atoms with van der Waals surface area (Å²) in [5.41, 5.74) is 6.23. The second kappa shape index (κ2) is 4.71. The van der Waals surface area contributed by atoms with Gasteiger partial charge in [0.1, 0.15) is 0 Å². The SMILES string of the molecule is Cc1cccc(N=Nc2c(N)nn3c(=O)[nH]c(=O)[nH]c23)c1. The van der Waals surface area contributed by atoms with Gasteiger partial charge in [0.05, 0.1) is 5.69 Å². The number of aromatic amines is 2. The van der Waals surface area contributed by atoms with Crippen LogP contribution in [0.2, 0.25) is 0 Å². The number of nitrogen functional groups attached to an aromatic ring is 1. The summed E-state index contributed by atoms with van der Waals surface area (Å²) < 4.78 is 0.932. The summed E-state index contributed by atoms with van der Waals surface area (Å²) in [5, 5.41) is 11.8. The molecule has 21 heavy (non-hydrogen) atoms. The van der Waals surface area contributed by atoms with Crippen LogP contribution in [-0.2, 0) is 0 Å². The summed E-state index contributed by atoms with van der Waals surface area (Å²) in [6.45, 7) is 1.93. The van der Waals surface area contributed by atoms with Gasteiger partial charge in [-0.3, -0.25) is 9.97 Å². The second-order valence-corrected chi connectivity index (χ2v) is 4.42. The molecule has 0 atom stereocenters. The van der Waals surface area contributed by atoms with Crippen LogP contribution < -0.4 is 17.1 Å². The fraction of sp³-hybridized carbons (Fsp3) is 0.0833. The van der Waals surface area contributed by atoms with E-state index in [1.807, 2.05) is 30.1 Å². The quantitative estimate of drug-likeness (QED) is 0.606. The third-order valence-electron chi connectivity index (χ3n) is 2.80. The number of azo groups is 1. The van der Waals surface area contributed by atoms with Crippen molar-refractivity contribution in [1.82, 2.24) is 19.6 Å². The number of H-pyrrole nitrogens is 2. The Bertz CT molecular complexity index is 964. The van der Waals surface area contributed by atoms with Crippen LogP contribution in [-0.4, -0.2) is 19.6 Å². The Hall–Kier alpha value is -3.23. The molecule has 0 unspecified atom stereocenters. The van der Waals surface area contributed by atoms with Crippen LogP contribution in [0.1, 0.15) is 5.56 Å². The lowest BCUT2D eigenvalue weighted by atomic mass is 10.2. The minimum Gasteiger partial charge on any atom is -0.380 e. The molecule has 0 aliphatic rings. The zero-order valence-corrected chi connectivity index (χ0v) is 11.0. The largest absolute Gasteiger partial charge is 0.380 e. The van der Waals surface area contributed by atoms with Crippen molar-refractivity contribution in [2.45, 2.75) is 6.92 Å². The summed E-state index contributed by atoms with van der Waals surface area (Å²) in [4.78, 5) is 27.4. The number of aromatic nitrogens is 4. The first-order valence-corrected chi connectivity index (χ1v) is 6.04. The van der Waals surface area contributed by atoms with Crippen molar-refractivity contribution in [3.63, 3.8) is 0 Å². The monoisotopic (exact) mass is 285 g/mol. The molecule has 0 radical (unpaired) electrons. The average Bonchev–Trinajstić information content (AvgIpc) is 2.73. The molecule has 3 aromatic rings. The van der Waals surface area contributed by atoms with Gasteiger partial charge in [-0.1, -0.05) is 12.1 Å². The molecule has 106 valence electrons. The zero-order chi connectivity index (χ0) is 15.0. The van der Waals surface area contributed by atoms with E-state index in [1.165, 1.54) is 0 Å². The van der Waals surface area contributed by atoms with Crippen molar-refractivity contribution >= 4 is 22.8 Å². The smallest absolute Gasteiger partial charge is 0.352 e. The predicted molar refractivity (Wildman–Crippen MR) is 76.2 cm³/mol. The predicted octanol–water partition coefficient (Wildman–Crippen LogP) is 1.02. The number of aryl methyl sites for hydroxylation is 1. The van der Waals surface area contributed by atoms with Crippen molar-refractivity contribution in [2.75, 3.05) is 5.73 Å². The van der Waals surface area contributed by atoms with E-state index in [9.17, 15) is 9.59 Å². The fourth-order valence-corrected chi connectivity index (χ4v) is 1.87. The number of benzene rings is 1. The van der Waals surface area contributed by atoms with Crippen LogP contribution in [0.15, 0.2) is 44.1 Å². The van der Waals surface area contributed by atoms with Crippen LogP contribution in [0.3, 0.4) is 0 Å². The fourth-order valence-electron chi connectivity index (χ4n) is 1.87. The third kappa shape index (κ3) is 2.31. The molecule has 0 amide bonds. The average molecular weight is 285 g/mol. The van der Waals surface area contributed by atoms with Crippen molar-refractivity contribution in [1.29, 1.82) is 0 Å². The molecule has 0 saturated heterocycles. The molecule has 9 heteroatoms. The van der Waals surface area contributed by atoms with Gasteiger partial charge < -0.3 is 5.73 Å². The van der Waals surface area contributed by atoms with E-state index in [0.29, 0.717) is 5.69 Å². The Morgan fingerprint density at radius 3 is 2.81 bits per heavy atom. The van der Waals surface area contributed by atoms with Crippen LogP contribution in [0.5, 0.6) is 0 Å². The lowest BCUT2D eigenvalue weighted by Gasteiger charge is -1.94. The molecule has 0 spiro atoms. The second-order valence-electron chi connectivity index (χ2n) is 4.42. The first-order valence-electron chi connectivity index (χ1n) is 6.04. The van der Waals surface area contributed by atoms with Crippen molar-refractivity contribution in [3.8, 4) is 0 Å². The maximum absolute atomic E-state index is 11.6. The summed E-state index contributed by atoms with van der Waals surface area (Å²) in [5.74, 6) is -0.00115. The van der Waals surface area contributed by atoms with Gasteiger partial charge in [0, 0.05) is 0 Å². The van der Waals surface area contributed by atoms with Gasteiger partial charge in [0.2, 0.25) is 0 Å². The first-order chi connectivity index (χ1) is 10.0. The highest BCUT2D eigenvalue weighted by molar-refractivity contribution is 5.74. The van der Waals surface area contributed by atoms with Gasteiger partial charge in [-0.15, -0.1) is 10.2 Å². The van der Waals surface area contributed by atoms with Crippen LogP contribution in [0.25, 0.3) is 5.65 Å². The Morgan fingerprint density at radius 1 is 1.24 bits per heavy atom. The molecule has 0 aliphatic heterocycles. The van der Waals surface area contributed by atoms with Gasteiger partial charge in [-0.05, 0) is 24.6 Å². The van der Waals surface area contributed by atoms with Gasteiger partial charge in [-0.2, -0.15) is 9.63 Å². The van der Waals surface area contributed by atoms with Crippen LogP contribution in [0, 0.1) is 6.92 Å². The summed E-state index contributed by atoms with van der Waals surface area (Å²) >= 11 is 0. The van der Waals surface area contributed by atoms with Crippen LogP contribution in [0.4, 0.5) is 17.2 Å². The molecule has 0 aliphatic carbocycles. The molecule has 1 aromatic carbocycles. The van der Waals surface area contributed by atoms with E-state index in [1.54, 1.807) is 6.07 Å². The molecule has 3 rings (SSSR count). The minimum atomic E-state index is -0.697. The maximum Gasteiger partial charge on any atom is 0.352 e. The van der Waals surface area contributed by atoms with Crippen molar-refractivity contribution in [2.24, 2.45) is 10.2 Å². The molecular weight excluding hydrogens is 274 g/mol. The molecule has 9 nitrogen and oxygen atoms in total. The highest BCUT2D eigenvalue weighted by Crippen LogP contribution is 2.26. The van der Waals surface area contributed by atoms with E-state index in [-0.39, 0.29) is 17.2 Å². The summed E-state index contributed by atoms with van der Waals surface area (Å²) in [6, 6.07) is 7.38. The van der Waals surface area contributed by atoms with E-state index in [2.05, 4.69) is 20.3 Å². The molecule has 0 saturated carbocycles. The number of nitrogens with zero attached hydrogens (tertiary/aromatic N) is 4. The van der Waals surface area contributed by atoms with E-state index >= 15 is 0 Å². The molecule has 2 aromatic heterocycles. The lowest BCUT2D eigenvalue weighted by Crippen LogP contribution is -2.28. The van der Waals surface area contributed by atoms with Crippen molar-refractivity contribution < 1.29 is 0 Å². The normalized spacial score (nSPS) is 11.5. The Labute approximate surface area is 117 Å². The van der Waals surface area contributed by atoms with E-state index in [0.717, 1.165) is 10.1 Å². The van der Waals surface area contributed by atoms with Gasteiger partial charge in [-0.25, -0.2) is 9.59 Å². The Morgan fingerprint density at radius 2 is 2.05 bits per heavy atom. The highest BCUT2D eigenvalue weighted by atomic mass is 16.2. The topological polar surface area (TPSA) is 134 Å². The molecule has 2 heterocycles.